The van der Waals surface area contributed by atoms with E-state index >= 15 is 0 Å². The van der Waals surface area contributed by atoms with Crippen molar-refractivity contribution in [2.75, 3.05) is 0 Å². The van der Waals surface area contributed by atoms with E-state index in [9.17, 15) is 0 Å². The van der Waals surface area contributed by atoms with Gasteiger partial charge < -0.3 is 13.9 Å². The maximum atomic E-state index is 6.67. The van der Waals surface area contributed by atoms with Gasteiger partial charge in [0.15, 0.2) is 14.1 Å². The van der Waals surface area contributed by atoms with Gasteiger partial charge in [0.25, 0.3) is 0 Å². The Balaban J connectivity index is 2.49. The third-order valence-corrected chi connectivity index (χ3v) is 6.42. The first-order chi connectivity index (χ1) is 9.28. The molecule has 0 bridgehead atoms. The van der Waals surface area contributed by atoms with Gasteiger partial charge in [0.2, 0.25) is 0 Å². The minimum absolute atomic E-state index is 0.000810. The van der Waals surface area contributed by atoms with Gasteiger partial charge >= 0.3 is 0 Å². The molecular weight excluding hydrogens is 280 g/mol. The molecule has 1 unspecified atom stereocenters. The van der Waals surface area contributed by atoms with Crippen LogP contribution in [0.5, 0.6) is 0 Å². The quantitative estimate of drug-likeness (QED) is 0.487. The third kappa shape index (κ3) is 3.28. The monoisotopic (exact) mass is 312 g/mol. The van der Waals surface area contributed by atoms with Crippen LogP contribution in [0.15, 0.2) is 11.6 Å². The molecule has 2 heterocycles. The van der Waals surface area contributed by atoms with Crippen molar-refractivity contribution in [1.29, 1.82) is 0 Å². The molecule has 0 amide bonds. The lowest BCUT2D eigenvalue weighted by Gasteiger charge is -2.51. The predicted octanol–water partition coefficient (Wildman–Crippen LogP) is 4.49. The summed E-state index contributed by atoms with van der Waals surface area (Å²) in [7, 11) is -1.72. The third-order valence-electron chi connectivity index (χ3n) is 4.30. The van der Waals surface area contributed by atoms with Crippen molar-refractivity contribution in [3.8, 4) is 0 Å². The zero-order valence-corrected chi connectivity index (χ0v) is 16.2. The SMILES string of the molecule is C[C@@H]1OC(C)(C)O[C@H](C)C12O[Si](C)(C)C/C2=C\C(C)(C)C. The van der Waals surface area contributed by atoms with Gasteiger partial charge in [-0.15, -0.1) is 0 Å². The molecule has 2 aliphatic rings. The molecule has 0 aromatic heterocycles. The van der Waals surface area contributed by atoms with Crippen LogP contribution in [0.2, 0.25) is 19.1 Å². The molecule has 122 valence electrons. The molecule has 3 nitrogen and oxygen atoms in total. The minimum atomic E-state index is -1.72. The summed E-state index contributed by atoms with van der Waals surface area (Å²) in [5.74, 6) is -0.547. The fraction of sp³-hybridized carbons (Fsp3) is 0.882. The first-order valence-corrected chi connectivity index (χ1v) is 11.2. The Bertz CT molecular complexity index is 431. The highest BCUT2D eigenvalue weighted by Gasteiger charge is 2.60. The van der Waals surface area contributed by atoms with Gasteiger partial charge in [-0.1, -0.05) is 26.8 Å². The van der Waals surface area contributed by atoms with Gasteiger partial charge in [0, 0.05) is 0 Å². The predicted molar refractivity (Wildman–Crippen MR) is 88.8 cm³/mol. The molecular formula is C17H32O3Si. The standard InChI is InChI=1S/C17H32O3Si/c1-12-17(13(2)19-16(6,7)18-12)14(10-15(3,4)5)11-21(8,9)20-17/h10,12-13H,11H2,1-9H3/b14-10+/t12-,13+,17?. The Labute approximate surface area is 131 Å². The molecule has 0 saturated carbocycles. The van der Waals surface area contributed by atoms with E-state index in [0.717, 1.165) is 6.04 Å². The van der Waals surface area contributed by atoms with Crippen molar-refractivity contribution >= 4 is 8.32 Å². The highest BCUT2D eigenvalue weighted by atomic mass is 28.4. The molecule has 0 N–H and O–H groups in total. The molecule has 0 radical (unpaired) electrons. The summed E-state index contributed by atoms with van der Waals surface area (Å²) in [5.41, 5.74) is 1.09. The Morgan fingerprint density at radius 3 is 2.00 bits per heavy atom. The molecule has 3 atom stereocenters. The lowest BCUT2D eigenvalue weighted by Crippen LogP contribution is -2.62. The van der Waals surface area contributed by atoms with E-state index in [0.29, 0.717) is 0 Å². The summed E-state index contributed by atoms with van der Waals surface area (Å²) in [6, 6.07) is 1.06. The number of allylic oxidation sites excluding steroid dienone is 1. The van der Waals surface area contributed by atoms with Crippen LogP contribution in [0.25, 0.3) is 0 Å². The second-order valence-electron chi connectivity index (χ2n) is 8.79. The molecule has 4 heteroatoms. The maximum Gasteiger partial charge on any atom is 0.192 e. The number of hydrogen-bond donors (Lipinski definition) is 0. The van der Waals surface area contributed by atoms with Crippen LogP contribution in [-0.2, 0) is 13.9 Å². The van der Waals surface area contributed by atoms with Crippen LogP contribution in [0.1, 0.15) is 48.5 Å². The van der Waals surface area contributed by atoms with E-state index in [2.05, 4.69) is 53.8 Å². The van der Waals surface area contributed by atoms with Gasteiger partial charge in [0.1, 0.15) is 5.60 Å². The van der Waals surface area contributed by atoms with Crippen LogP contribution >= 0.6 is 0 Å². The highest BCUT2D eigenvalue weighted by Crippen LogP contribution is 2.51. The molecule has 2 fully saturated rings. The van der Waals surface area contributed by atoms with E-state index in [4.69, 9.17) is 13.9 Å². The molecule has 1 spiro atoms. The van der Waals surface area contributed by atoms with Crippen molar-refractivity contribution in [2.45, 2.75) is 91.2 Å². The van der Waals surface area contributed by atoms with E-state index in [-0.39, 0.29) is 17.6 Å². The highest BCUT2D eigenvalue weighted by molar-refractivity contribution is 6.72. The first-order valence-electron chi connectivity index (χ1n) is 8.05. The summed E-state index contributed by atoms with van der Waals surface area (Å²) in [5, 5.41) is 0. The van der Waals surface area contributed by atoms with E-state index in [1.165, 1.54) is 5.57 Å². The van der Waals surface area contributed by atoms with Gasteiger partial charge in [-0.3, -0.25) is 0 Å². The Hall–Kier alpha value is -0.163. The summed E-state index contributed by atoms with van der Waals surface area (Å²) in [6.07, 6.45) is 2.38. The van der Waals surface area contributed by atoms with Crippen LogP contribution < -0.4 is 0 Å². The molecule has 0 aromatic rings. The van der Waals surface area contributed by atoms with Crippen molar-refractivity contribution in [1.82, 2.24) is 0 Å². The number of rotatable bonds is 0. The van der Waals surface area contributed by atoms with Crippen molar-refractivity contribution in [2.24, 2.45) is 5.41 Å². The average molecular weight is 313 g/mol. The topological polar surface area (TPSA) is 27.7 Å². The van der Waals surface area contributed by atoms with Gasteiger partial charge in [-0.25, -0.2) is 0 Å². The Kier molecular flexibility index (Phi) is 4.03. The van der Waals surface area contributed by atoms with E-state index in [1.807, 2.05) is 13.8 Å². The molecule has 0 aliphatic carbocycles. The van der Waals surface area contributed by atoms with Crippen LogP contribution in [0.4, 0.5) is 0 Å². The van der Waals surface area contributed by atoms with Gasteiger partial charge in [0.05, 0.1) is 12.2 Å². The molecule has 2 aliphatic heterocycles. The molecule has 0 aromatic carbocycles. The number of ether oxygens (including phenoxy) is 2. The van der Waals surface area contributed by atoms with Crippen LogP contribution in [0, 0.1) is 5.41 Å². The summed E-state index contributed by atoms with van der Waals surface area (Å²) in [4.78, 5) is 0. The first kappa shape index (κ1) is 17.2. The van der Waals surface area contributed by atoms with E-state index in [1.54, 1.807) is 0 Å². The largest absolute Gasteiger partial charge is 0.403 e. The van der Waals surface area contributed by atoms with Gasteiger partial charge in [-0.05, 0) is 57.8 Å². The minimum Gasteiger partial charge on any atom is -0.403 e. The second kappa shape index (κ2) is 4.92. The average Bonchev–Trinajstić information content (AvgIpc) is 2.44. The molecule has 21 heavy (non-hydrogen) atoms. The lowest BCUT2D eigenvalue weighted by atomic mass is 9.79. The van der Waals surface area contributed by atoms with Crippen molar-refractivity contribution < 1.29 is 13.9 Å². The fourth-order valence-electron chi connectivity index (χ4n) is 3.92. The normalized spacial score (nSPS) is 40.9. The smallest absolute Gasteiger partial charge is 0.192 e. The summed E-state index contributed by atoms with van der Waals surface area (Å²) < 4.78 is 19.0. The fourth-order valence-corrected chi connectivity index (χ4v) is 6.66. The maximum absolute atomic E-state index is 6.67. The lowest BCUT2D eigenvalue weighted by molar-refractivity contribution is -0.340. The second-order valence-corrected chi connectivity index (χ2v) is 12.9. The van der Waals surface area contributed by atoms with Gasteiger partial charge in [-0.2, -0.15) is 0 Å². The molecule has 2 saturated heterocycles. The Morgan fingerprint density at radius 1 is 1.10 bits per heavy atom. The zero-order chi connectivity index (χ0) is 16.3. The zero-order valence-electron chi connectivity index (χ0n) is 15.2. The van der Waals surface area contributed by atoms with Crippen molar-refractivity contribution in [3.63, 3.8) is 0 Å². The molecule has 2 rings (SSSR count). The van der Waals surface area contributed by atoms with Crippen LogP contribution in [-0.4, -0.2) is 31.9 Å². The summed E-state index contributed by atoms with van der Waals surface area (Å²) >= 11 is 0. The summed E-state index contributed by atoms with van der Waals surface area (Å²) in [6.45, 7) is 19.5. The number of hydrogen-bond acceptors (Lipinski definition) is 3. The van der Waals surface area contributed by atoms with E-state index < -0.39 is 19.7 Å². The van der Waals surface area contributed by atoms with Crippen LogP contribution in [0.3, 0.4) is 0 Å². The Morgan fingerprint density at radius 2 is 1.57 bits per heavy atom. The van der Waals surface area contributed by atoms with Crippen molar-refractivity contribution in [3.05, 3.63) is 11.6 Å².